The van der Waals surface area contributed by atoms with Gasteiger partial charge in [0.1, 0.15) is 0 Å². The number of nitrogens with zero attached hydrogens (tertiary/aromatic N) is 1. The van der Waals surface area contributed by atoms with E-state index in [4.69, 9.17) is 9.88 Å². The van der Waals surface area contributed by atoms with Gasteiger partial charge in [-0.15, -0.1) is 0 Å². The fraction of sp³-hybridized carbons (Fsp3) is 0.381. The van der Waals surface area contributed by atoms with E-state index in [2.05, 4.69) is 24.1 Å². The highest BCUT2D eigenvalue weighted by atomic mass is 32.2. The van der Waals surface area contributed by atoms with Gasteiger partial charge in [0.25, 0.3) is 5.91 Å². The predicted octanol–water partition coefficient (Wildman–Crippen LogP) is 2.50. The number of amides is 1. The topological polar surface area (TPSA) is 102 Å². The molecule has 29 heavy (non-hydrogen) atoms. The molecule has 2 atom stereocenters. The van der Waals surface area contributed by atoms with E-state index in [1.54, 1.807) is 31.2 Å². The number of hydrogen-bond acceptors (Lipinski definition) is 5. The van der Waals surface area contributed by atoms with Gasteiger partial charge in [-0.3, -0.25) is 9.69 Å². The Hall–Kier alpha value is -2.26. The number of primary sulfonamides is 1. The van der Waals surface area contributed by atoms with E-state index < -0.39 is 10.0 Å². The van der Waals surface area contributed by atoms with Crippen LogP contribution in [0.1, 0.15) is 35.3 Å². The SMILES string of the molecule is Cc1ccc(NC(=O)c2ccc(CN3C[C@@H](C)O[C@@H](C)C3)cc2)cc1S(N)(=O)=O. The average Bonchev–Trinajstić information content (AvgIpc) is 2.62. The number of carbonyl (C=O) groups excluding carboxylic acids is 1. The maximum atomic E-state index is 12.5. The molecule has 0 unspecified atom stereocenters. The third-order valence-corrected chi connectivity index (χ3v) is 5.92. The van der Waals surface area contributed by atoms with Gasteiger partial charge in [0, 0.05) is 30.9 Å². The lowest BCUT2D eigenvalue weighted by Gasteiger charge is -2.35. The van der Waals surface area contributed by atoms with Gasteiger partial charge in [0.15, 0.2) is 0 Å². The third kappa shape index (κ3) is 5.63. The van der Waals surface area contributed by atoms with Crippen molar-refractivity contribution in [2.24, 2.45) is 5.14 Å². The van der Waals surface area contributed by atoms with Gasteiger partial charge < -0.3 is 10.1 Å². The zero-order valence-corrected chi connectivity index (χ0v) is 17.7. The number of morpholine rings is 1. The van der Waals surface area contributed by atoms with Gasteiger partial charge in [-0.2, -0.15) is 0 Å². The standard InChI is InChI=1S/C21H27N3O4S/c1-14-4-9-19(10-20(14)29(22,26)27)23-21(25)18-7-5-17(6-8-18)13-24-11-15(2)28-16(3)12-24/h4-10,15-16H,11-13H2,1-3H3,(H,23,25)(H2,22,26,27)/t15-,16+. The van der Waals surface area contributed by atoms with Gasteiger partial charge in [0.05, 0.1) is 17.1 Å². The van der Waals surface area contributed by atoms with E-state index >= 15 is 0 Å². The molecule has 0 aromatic heterocycles. The summed E-state index contributed by atoms with van der Waals surface area (Å²) in [5.74, 6) is -0.311. The summed E-state index contributed by atoms with van der Waals surface area (Å²) >= 11 is 0. The first kappa shape index (κ1) is 21.4. The predicted molar refractivity (Wildman–Crippen MR) is 112 cm³/mol. The minimum Gasteiger partial charge on any atom is -0.373 e. The van der Waals surface area contributed by atoms with Crippen LogP contribution in [0.5, 0.6) is 0 Å². The van der Waals surface area contributed by atoms with Crippen LogP contribution < -0.4 is 10.5 Å². The summed E-state index contributed by atoms with van der Waals surface area (Å²) in [5.41, 5.74) is 2.52. The maximum absolute atomic E-state index is 12.5. The Balaban J connectivity index is 1.66. The first-order chi connectivity index (χ1) is 13.6. The molecule has 3 N–H and O–H groups in total. The number of benzene rings is 2. The second-order valence-corrected chi connectivity index (χ2v) is 9.16. The van der Waals surface area contributed by atoms with Gasteiger partial charge >= 0.3 is 0 Å². The van der Waals surface area contributed by atoms with E-state index in [9.17, 15) is 13.2 Å². The molecule has 0 spiro atoms. The third-order valence-electron chi connectivity index (χ3n) is 4.87. The number of carbonyl (C=O) groups is 1. The van der Waals surface area contributed by atoms with Crippen molar-refractivity contribution in [3.63, 3.8) is 0 Å². The Morgan fingerprint density at radius 2 is 1.76 bits per heavy atom. The Bertz CT molecular complexity index is 979. The van der Waals surface area contributed by atoms with E-state index in [-0.39, 0.29) is 23.0 Å². The summed E-state index contributed by atoms with van der Waals surface area (Å²) in [4.78, 5) is 14.9. The van der Waals surface area contributed by atoms with Crippen LogP contribution in [0, 0.1) is 6.92 Å². The molecular formula is C21H27N3O4S. The maximum Gasteiger partial charge on any atom is 0.255 e. The summed E-state index contributed by atoms with van der Waals surface area (Å²) in [7, 11) is -3.85. The highest BCUT2D eigenvalue weighted by molar-refractivity contribution is 7.89. The molecule has 1 heterocycles. The Kier molecular flexibility index (Phi) is 6.38. The zero-order valence-electron chi connectivity index (χ0n) is 16.9. The summed E-state index contributed by atoms with van der Waals surface area (Å²) in [6, 6.07) is 12.0. The van der Waals surface area contributed by atoms with Crippen LogP contribution in [0.25, 0.3) is 0 Å². The number of anilines is 1. The van der Waals surface area contributed by atoms with Gasteiger partial charge in [0.2, 0.25) is 10.0 Å². The Labute approximate surface area is 171 Å². The molecule has 1 amide bonds. The fourth-order valence-electron chi connectivity index (χ4n) is 3.62. The number of rotatable bonds is 5. The molecule has 7 nitrogen and oxygen atoms in total. The van der Waals surface area contributed by atoms with Crippen LogP contribution in [0.4, 0.5) is 5.69 Å². The molecule has 1 saturated heterocycles. The smallest absolute Gasteiger partial charge is 0.255 e. The monoisotopic (exact) mass is 417 g/mol. The number of ether oxygens (including phenoxy) is 1. The molecule has 0 bridgehead atoms. The van der Waals surface area contributed by atoms with Crippen molar-refractivity contribution in [1.82, 2.24) is 4.90 Å². The molecule has 1 fully saturated rings. The van der Waals surface area contributed by atoms with E-state index in [1.807, 2.05) is 12.1 Å². The number of aryl methyl sites for hydroxylation is 1. The summed E-state index contributed by atoms with van der Waals surface area (Å²) in [5, 5.41) is 7.95. The van der Waals surface area contributed by atoms with E-state index in [1.165, 1.54) is 6.07 Å². The van der Waals surface area contributed by atoms with Crippen molar-refractivity contribution < 1.29 is 17.9 Å². The molecule has 0 saturated carbocycles. The lowest BCUT2D eigenvalue weighted by molar-refractivity contribution is -0.0704. The number of nitrogens with one attached hydrogen (secondary N) is 1. The van der Waals surface area contributed by atoms with Crippen molar-refractivity contribution >= 4 is 21.6 Å². The van der Waals surface area contributed by atoms with Crippen molar-refractivity contribution in [1.29, 1.82) is 0 Å². The average molecular weight is 418 g/mol. The molecule has 0 radical (unpaired) electrons. The lowest BCUT2D eigenvalue weighted by atomic mass is 10.1. The number of hydrogen-bond donors (Lipinski definition) is 2. The van der Waals surface area contributed by atoms with Crippen LogP contribution in [-0.2, 0) is 21.3 Å². The molecular weight excluding hydrogens is 390 g/mol. The summed E-state index contributed by atoms with van der Waals surface area (Å²) < 4.78 is 29.1. The van der Waals surface area contributed by atoms with Gasteiger partial charge in [-0.05, 0) is 56.2 Å². The zero-order chi connectivity index (χ0) is 21.2. The molecule has 1 aliphatic heterocycles. The Morgan fingerprint density at radius 1 is 1.14 bits per heavy atom. The Morgan fingerprint density at radius 3 is 2.34 bits per heavy atom. The van der Waals surface area contributed by atoms with Gasteiger partial charge in [-0.1, -0.05) is 18.2 Å². The lowest BCUT2D eigenvalue weighted by Crippen LogP contribution is -2.44. The largest absolute Gasteiger partial charge is 0.373 e. The second-order valence-electron chi connectivity index (χ2n) is 7.63. The van der Waals surface area contributed by atoms with Gasteiger partial charge in [-0.25, -0.2) is 13.6 Å². The first-order valence-electron chi connectivity index (χ1n) is 9.53. The van der Waals surface area contributed by atoms with Crippen LogP contribution in [-0.4, -0.2) is 44.5 Å². The van der Waals surface area contributed by atoms with Crippen LogP contribution in [0.3, 0.4) is 0 Å². The minimum absolute atomic E-state index is 0.000356. The van der Waals surface area contributed by atoms with E-state index in [0.29, 0.717) is 16.8 Å². The first-order valence-corrected chi connectivity index (χ1v) is 11.1. The molecule has 8 heteroatoms. The van der Waals surface area contributed by atoms with Crippen molar-refractivity contribution in [2.45, 2.75) is 44.4 Å². The molecule has 1 aliphatic rings. The van der Waals surface area contributed by atoms with Crippen molar-refractivity contribution in [2.75, 3.05) is 18.4 Å². The summed E-state index contributed by atoms with van der Waals surface area (Å²) in [6.07, 6.45) is 0.418. The summed E-state index contributed by atoms with van der Waals surface area (Å²) in [6.45, 7) is 8.36. The highest BCUT2D eigenvalue weighted by Gasteiger charge is 2.22. The molecule has 3 rings (SSSR count). The number of nitrogens with two attached hydrogens (primary N) is 1. The van der Waals surface area contributed by atoms with Crippen molar-refractivity contribution in [3.8, 4) is 0 Å². The minimum atomic E-state index is -3.85. The fourth-order valence-corrected chi connectivity index (χ4v) is 4.43. The van der Waals surface area contributed by atoms with Crippen LogP contribution >= 0.6 is 0 Å². The van der Waals surface area contributed by atoms with Crippen molar-refractivity contribution in [3.05, 3.63) is 59.2 Å². The quantitative estimate of drug-likeness (QED) is 0.778. The molecule has 156 valence electrons. The normalized spacial score (nSPS) is 20.4. The molecule has 2 aromatic rings. The second kappa shape index (κ2) is 8.62. The molecule has 0 aliphatic carbocycles. The van der Waals surface area contributed by atoms with Crippen LogP contribution in [0.15, 0.2) is 47.4 Å². The molecule has 2 aromatic carbocycles. The number of sulfonamides is 1. The van der Waals surface area contributed by atoms with Crippen LogP contribution in [0.2, 0.25) is 0 Å². The highest BCUT2D eigenvalue weighted by Crippen LogP contribution is 2.20. The van der Waals surface area contributed by atoms with E-state index in [0.717, 1.165) is 25.2 Å².